The van der Waals surface area contributed by atoms with Crippen LogP contribution in [0.25, 0.3) is 0 Å². The lowest BCUT2D eigenvalue weighted by atomic mass is 10.0. The summed E-state index contributed by atoms with van der Waals surface area (Å²) in [4.78, 5) is 17.6. The molecule has 4 aromatic carbocycles. The standard InChI is InChI=1S/C37H43N3O7S/c1-26-22-40(27(2)25-41)37(42)21-29-20-30(38-48(43,44)34-17-15-31(45-4)16-18-34)12-19-35(29)47-36(26)24-39(3)23-28-10-13-33(14-11-28)46-32-8-6-5-7-9-32/h5-20,26-27,36,38,41H,21-25H2,1-4H3/t26-,27+,36-/m0/s1. The lowest BCUT2D eigenvalue weighted by molar-refractivity contribution is -0.134. The minimum absolute atomic E-state index is 0.00947. The van der Waals surface area contributed by atoms with Crippen LogP contribution in [0.5, 0.6) is 23.0 Å². The van der Waals surface area contributed by atoms with Crippen LogP contribution in [0.15, 0.2) is 102 Å². The van der Waals surface area contributed by atoms with E-state index in [1.807, 2.05) is 75.5 Å². The summed E-state index contributed by atoms with van der Waals surface area (Å²) in [6.45, 7) is 5.30. The SMILES string of the molecule is COc1ccc(S(=O)(=O)Nc2ccc3c(c2)CC(=O)N([C@H](C)CO)C[C@H](C)[C@H](CN(C)Cc2ccc(Oc4ccccc4)cc2)O3)cc1. The van der Waals surface area contributed by atoms with E-state index in [0.717, 1.165) is 17.1 Å². The number of aliphatic hydroxyl groups excluding tert-OH is 1. The molecule has 0 spiro atoms. The smallest absolute Gasteiger partial charge is 0.261 e. The van der Waals surface area contributed by atoms with E-state index in [0.29, 0.717) is 42.4 Å². The van der Waals surface area contributed by atoms with Crippen LogP contribution in [-0.2, 0) is 27.8 Å². The second-order valence-corrected chi connectivity index (χ2v) is 13.9. The van der Waals surface area contributed by atoms with E-state index in [4.69, 9.17) is 14.2 Å². The number of hydrogen-bond donors (Lipinski definition) is 2. The second-order valence-electron chi connectivity index (χ2n) is 12.2. The van der Waals surface area contributed by atoms with Gasteiger partial charge in [0.25, 0.3) is 10.0 Å². The van der Waals surface area contributed by atoms with Gasteiger partial charge in [-0.15, -0.1) is 0 Å². The average Bonchev–Trinajstić information content (AvgIpc) is 3.12. The Morgan fingerprint density at radius 1 is 0.979 bits per heavy atom. The zero-order valence-electron chi connectivity index (χ0n) is 27.7. The van der Waals surface area contributed by atoms with Gasteiger partial charge in [0.05, 0.1) is 31.1 Å². The van der Waals surface area contributed by atoms with E-state index < -0.39 is 16.1 Å². The molecule has 48 heavy (non-hydrogen) atoms. The van der Waals surface area contributed by atoms with Gasteiger partial charge in [0, 0.05) is 36.8 Å². The first-order valence-corrected chi connectivity index (χ1v) is 17.4. The zero-order chi connectivity index (χ0) is 34.3. The molecule has 0 aromatic heterocycles. The molecule has 0 unspecified atom stereocenters. The van der Waals surface area contributed by atoms with Crippen molar-refractivity contribution in [3.8, 4) is 23.0 Å². The van der Waals surface area contributed by atoms with Gasteiger partial charge in [-0.3, -0.25) is 14.4 Å². The molecule has 3 atom stereocenters. The van der Waals surface area contributed by atoms with Crippen molar-refractivity contribution in [2.24, 2.45) is 5.92 Å². The second kappa shape index (κ2) is 15.5. The Labute approximate surface area is 282 Å². The van der Waals surface area contributed by atoms with Crippen LogP contribution in [0, 0.1) is 5.92 Å². The predicted octanol–water partition coefficient (Wildman–Crippen LogP) is 5.57. The van der Waals surface area contributed by atoms with Gasteiger partial charge in [0.2, 0.25) is 5.91 Å². The van der Waals surface area contributed by atoms with Gasteiger partial charge in [0.15, 0.2) is 0 Å². The van der Waals surface area contributed by atoms with Crippen LogP contribution < -0.4 is 18.9 Å². The van der Waals surface area contributed by atoms with Crippen LogP contribution in [0.3, 0.4) is 0 Å². The van der Waals surface area contributed by atoms with Crippen molar-refractivity contribution < 1.29 is 32.5 Å². The highest BCUT2D eigenvalue weighted by Crippen LogP contribution is 2.31. The zero-order valence-corrected chi connectivity index (χ0v) is 28.5. The minimum atomic E-state index is -3.90. The molecule has 4 aromatic rings. The lowest BCUT2D eigenvalue weighted by Crippen LogP contribution is -2.47. The fourth-order valence-electron chi connectivity index (χ4n) is 5.65. The monoisotopic (exact) mass is 673 g/mol. The normalized spacial score (nSPS) is 17.4. The molecule has 11 heteroatoms. The van der Waals surface area contributed by atoms with Gasteiger partial charge in [0.1, 0.15) is 29.1 Å². The quantitative estimate of drug-likeness (QED) is 0.201. The molecule has 1 amide bonds. The van der Waals surface area contributed by atoms with E-state index in [9.17, 15) is 18.3 Å². The number of anilines is 1. The molecule has 0 saturated carbocycles. The number of methoxy groups -OCH3 is 1. The minimum Gasteiger partial charge on any atom is -0.497 e. The highest BCUT2D eigenvalue weighted by molar-refractivity contribution is 7.92. The summed E-state index contributed by atoms with van der Waals surface area (Å²) < 4.78 is 46.7. The van der Waals surface area contributed by atoms with Crippen molar-refractivity contribution in [2.45, 2.75) is 43.9 Å². The Hall–Kier alpha value is -4.58. The number of nitrogens with one attached hydrogen (secondary N) is 1. The number of para-hydroxylation sites is 1. The van der Waals surface area contributed by atoms with E-state index in [1.165, 1.54) is 19.2 Å². The van der Waals surface area contributed by atoms with Crippen LogP contribution in [-0.4, -0.2) is 75.2 Å². The summed E-state index contributed by atoms with van der Waals surface area (Å²) in [5.74, 6) is 2.34. The van der Waals surface area contributed by atoms with Crippen molar-refractivity contribution in [1.82, 2.24) is 9.80 Å². The number of sulfonamides is 1. The molecule has 0 fully saturated rings. The average molecular weight is 674 g/mol. The highest BCUT2D eigenvalue weighted by atomic mass is 32.2. The van der Waals surface area contributed by atoms with Crippen molar-refractivity contribution in [3.63, 3.8) is 0 Å². The maximum absolute atomic E-state index is 13.6. The van der Waals surface area contributed by atoms with Crippen LogP contribution in [0.2, 0.25) is 0 Å². The number of likely N-dealkylation sites (N-methyl/N-ethyl adjacent to an activating group) is 1. The molecule has 0 radical (unpaired) electrons. The van der Waals surface area contributed by atoms with Crippen LogP contribution >= 0.6 is 0 Å². The lowest BCUT2D eigenvalue weighted by Gasteiger charge is -2.34. The number of fused-ring (bicyclic) bond motifs is 1. The molecule has 1 aliphatic heterocycles. The Balaban J connectivity index is 1.34. The topological polar surface area (TPSA) is 118 Å². The number of nitrogens with zero attached hydrogens (tertiary/aromatic N) is 2. The summed E-state index contributed by atoms with van der Waals surface area (Å²) in [7, 11) is -0.369. The van der Waals surface area contributed by atoms with Gasteiger partial charge in [-0.2, -0.15) is 0 Å². The van der Waals surface area contributed by atoms with Gasteiger partial charge < -0.3 is 24.2 Å². The summed E-state index contributed by atoms with van der Waals surface area (Å²) in [5, 5.41) is 9.98. The van der Waals surface area contributed by atoms with Crippen molar-refractivity contribution in [2.75, 3.05) is 38.6 Å². The van der Waals surface area contributed by atoms with Crippen LogP contribution in [0.1, 0.15) is 25.0 Å². The third-order valence-corrected chi connectivity index (χ3v) is 9.78. The third-order valence-electron chi connectivity index (χ3n) is 8.38. The maximum atomic E-state index is 13.6. The number of hydrogen-bond acceptors (Lipinski definition) is 8. The Morgan fingerprint density at radius 3 is 2.31 bits per heavy atom. The first kappa shape index (κ1) is 34.7. The Morgan fingerprint density at radius 2 is 1.65 bits per heavy atom. The van der Waals surface area contributed by atoms with E-state index in [1.54, 1.807) is 35.2 Å². The number of carbonyl (C=O) groups is 1. The molecule has 0 bridgehead atoms. The molecular formula is C37H43N3O7S. The fraction of sp³-hybridized carbons (Fsp3) is 0.324. The molecule has 0 aliphatic carbocycles. The van der Waals surface area contributed by atoms with E-state index >= 15 is 0 Å². The first-order valence-electron chi connectivity index (χ1n) is 15.9. The van der Waals surface area contributed by atoms with Gasteiger partial charge in [-0.1, -0.05) is 37.3 Å². The molecule has 254 valence electrons. The fourth-order valence-corrected chi connectivity index (χ4v) is 6.70. The molecule has 5 rings (SSSR count). The van der Waals surface area contributed by atoms with Gasteiger partial charge in [-0.05, 0) is 86.3 Å². The maximum Gasteiger partial charge on any atom is 0.261 e. The number of rotatable bonds is 12. The highest BCUT2D eigenvalue weighted by Gasteiger charge is 2.31. The summed E-state index contributed by atoms with van der Waals surface area (Å²) >= 11 is 0. The Kier molecular flexibility index (Phi) is 11.3. The van der Waals surface area contributed by atoms with Crippen LogP contribution in [0.4, 0.5) is 5.69 Å². The summed E-state index contributed by atoms with van der Waals surface area (Å²) in [6.07, 6.45) is -0.319. The Bertz CT molecular complexity index is 1770. The van der Waals surface area contributed by atoms with Crippen molar-refractivity contribution in [1.29, 1.82) is 0 Å². The largest absolute Gasteiger partial charge is 0.497 e. The predicted molar refractivity (Wildman–Crippen MR) is 185 cm³/mol. The van der Waals surface area contributed by atoms with Crippen molar-refractivity contribution >= 4 is 21.6 Å². The number of ether oxygens (including phenoxy) is 3. The summed E-state index contributed by atoms with van der Waals surface area (Å²) in [6, 6.07) is 28.3. The molecule has 2 N–H and O–H groups in total. The molecule has 0 saturated heterocycles. The molecular weight excluding hydrogens is 630 g/mol. The summed E-state index contributed by atoms with van der Waals surface area (Å²) in [5.41, 5.74) is 1.97. The van der Waals surface area contributed by atoms with Gasteiger partial charge >= 0.3 is 0 Å². The first-order chi connectivity index (χ1) is 23.0. The van der Waals surface area contributed by atoms with Gasteiger partial charge in [-0.25, -0.2) is 8.42 Å². The van der Waals surface area contributed by atoms with E-state index in [-0.39, 0.29) is 35.9 Å². The molecule has 1 heterocycles. The number of benzene rings is 4. The van der Waals surface area contributed by atoms with E-state index in [2.05, 4.69) is 9.62 Å². The number of carbonyl (C=O) groups excluding carboxylic acids is 1. The number of aliphatic hydroxyl groups is 1. The molecule has 1 aliphatic rings. The third kappa shape index (κ3) is 8.85. The number of amides is 1. The van der Waals surface area contributed by atoms with Crippen molar-refractivity contribution in [3.05, 3.63) is 108 Å². The molecule has 10 nitrogen and oxygen atoms in total.